The monoisotopic (exact) mass is 341 g/mol. The van der Waals surface area contributed by atoms with Crippen LogP contribution in [0.4, 0.5) is 0 Å². The lowest BCUT2D eigenvalue weighted by molar-refractivity contribution is 0.553. The van der Waals surface area contributed by atoms with Crippen molar-refractivity contribution < 1.29 is 8.42 Å². The molecule has 126 valence electrons. The van der Waals surface area contributed by atoms with Gasteiger partial charge in [0.1, 0.15) is 0 Å². The van der Waals surface area contributed by atoms with E-state index >= 15 is 0 Å². The molecular weight excluding hydrogens is 318 g/mol. The summed E-state index contributed by atoms with van der Waals surface area (Å²) in [6, 6.07) is 17.0. The van der Waals surface area contributed by atoms with Crippen molar-refractivity contribution in [3.05, 3.63) is 84.1 Å². The molecule has 0 aliphatic carbocycles. The van der Waals surface area contributed by atoms with Crippen LogP contribution in [-0.4, -0.2) is 15.0 Å². The van der Waals surface area contributed by atoms with Gasteiger partial charge in [-0.2, -0.15) is 0 Å². The Hall–Kier alpha value is -2.13. The van der Waals surface area contributed by atoms with E-state index in [2.05, 4.69) is 29.2 Å². The lowest BCUT2D eigenvalue weighted by atomic mass is 9.96. The minimum Gasteiger partial charge on any atom is -0.211 e. The highest BCUT2D eigenvalue weighted by molar-refractivity contribution is 7.89. The van der Waals surface area contributed by atoms with Crippen molar-refractivity contribution >= 4 is 10.0 Å². The number of hydrogen-bond donors (Lipinski definition) is 1. The second-order valence-corrected chi connectivity index (χ2v) is 7.59. The normalized spacial score (nSPS) is 12.4. The number of aryl methyl sites for hydroxylation is 1. The average Bonchev–Trinajstić information content (AvgIpc) is 2.56. The number of benzene rings is 2. The molecule has 0 radical (unpaired) electrons. The fourth-order valence-corrected chi connectivity index (χ4v) is 3.55. The Morgan fingerprint density at radius 2 is 1.79 bits per heavy atom. The number of hydrogen-bond acceptors (Lipinski definition) is 2. The predicted octanol–water partition coefficient (Wildman–Crippen LogP) is 3.86. The van der Waals surface area contributed by atoms with E-state index < -0.39 is 10.0 Å². The third kappa shape index (κ3) is 5.50. The molecule has 0 aromatic heterocycles. The topological polar surface area (TPSA) is 46.2 Å². The summed E-state index contributed by atoms with van der Waals surface area (Å²) in [4.78, 5) is 0.298. The van der Waals surface area contributed by atoms with E-state index in [4.69, 9.17) is 0 Å². The highest BCUT2D eigenvalue weighted by Crippen LogP contribution is 2.14. The molecule has 0 aliphatic rings. The summed E-state index contributed by atoms with van der Waals surface area (Å²) in [6.45, 7) is 5.95. The van der Waals surface area contributed by atoms with Crippen molar-refractivity contribution in [3.8, 4) is 0 Å². The standard InChI is InChI=1S/C20H23NO2S/c1-3-7-18(16-19-8-5-4-6-9-19)14-15-21-24(22,23)20-12-10-17(2)11-13-20/h4-13,18,21H,1,14-16H2,2H3. The van der Waals surface area contributed by atoms with Gasteiger partial charge in [-0.15, -0.1) is 5.73 Å². The van der Waals surface area contributed by atoms with Crippen LogP contribution in [-0.2, 0) is 16.4 Å². The smallest absolute Gasteiger partial charge is 0.211 e. The molecule has 4 heteroatoms. The second-order valence-electron chi connectivity index (χ2n) is 5.82. The maximum Gasteiger partial charge on any atom is 0.240 e. The zero-order chi connectivity index (χ0) is 17.4. The highest BCUT2D eigenvalue weighted by Gasteiger charge is 2.14. The molecule has 0 saturated carbocycles. The summed E-state index contributed by atoms with van der Waals surface area (Å²) in [6.07, 6.45) is 3.45. The van der Waals surface area contributed by atoms with Crippen molar-refractivity contribution in [1.82, 2.24) is 4.72 Å². The van der Waals surface area contributed by atoms with Gasteiger partial charge in [-0.3, -0.25) is 0 Å². The Kier molecular flexibility index (Phi) is 6.56. The van der Waals surface area contributed by atoms with E-state index in [-0.39, 0.29) is 5.92 Å². The maximum absolute atomic E-state index is 12.3. The fourth-order valence-electron chi connectivity index (χ4n) is 2.51. The van der Waals surface area contributed by atoms with Gasteiger partial charge in [0.2, 0.25) is 10.0 Å². The summed E-state index contributed by atoms with van der Waals surface area (Å²) >= 11 is 0. The highest BCUT2D eigenvalue weighted by atomic mass is 32.2. The summed E-state index contributed by atoms with van der Waals surface area (Å²) < 4.78 is 27.3. The molecule has 2 aromatic carbocycles. The first-order valence-electron chi connectivity index (χ1n) is 7.97. The SMILES string of the molecule is C=C=CC(CCNS(=O)(=O)c1ccc(C)cc1)Cc1ccccc1. The number of rotatable bonds is 8. The van der Waals surface area contributed by atoms with Crippen molar-refractivity contribution in [1.29, 1.82) is 0 Å². The van der Waals surface area contributed by atoms with Crippen LogP contribution < -0.4 is 4.72 Å². The van der Waals surface area contributed by atoms with Gasteiger partial charge in [-0.1, -0.05) is 54.6 Å². The molecule has 0 bridgehead atoms. The van der Waals surface area contributed by atoms with Crippen LogP contribution in [0.2, 0.25) is 0 Å². The molecule has 2 aromatic rings. The Balaban J connectivity index is 1.94. The van der Waals surface area contributed by atoms with Gasteiger partial charge in [0.15, 0.2) is 0 Å². The van der Waals surface area contributed by atoms with E-state index in [1.165, 1.54) is 5.56 Å². The molecule has 0 fully saturated rings. The summed E-state index contributed by atoms with van der Waals surface area (Å²) in [5, 5.41) is 0. The number of nitrogens with one attached hydrogen (secondary N) is 1. The van der Waals surface area contributed by atoms with E-state index in [0.29, 0.717) is 17.9 Å². The Bertz CT molecular complexity index is 789. The number of allylic oxidation sites excluding steroid dienone is 1. The minimum absolute atomic E-state index is 0.200. The van der Waals surface area contributed by atoms with E-state index in [0.717, 1.165) is 12.0 Å². The molecule has 0 aliphatic heterocycles. The minimum atomic E-state index is -3.46. The molecule has 2 rings (SSSR count). The van der Waals surface area contributed by atoms with Gasteiger partial charge >= 0.3 is 0 Å². The molecule has 0 amide bonds. The molecule has 0 saturated heterocycles. The largest absolute Gasteiger partial charge is 0.240 e. The molecular formula is C20H23NO2S. The third-order valence-corrected chi connectivity index (χ3v) is 5.31. The summed E-state index contributed by atoms with van der Waals surface area (Å²) in [5.74, 6) is 0.200. The van der Waals surface area contributed by atoms with E-state index in [9.17, 15) is 8.42 Å². The van der Waals surface area contributed by atoms with Gasteiger partial charge in [0.05, 0.1) is 4.90 Å². The first kappa shape index (κ1) is 18.2. The van der Waals surface area contributed by atoms with Crippen LogP contribution in [0.5, 0.6) is 0 Å². The first-order valence-corrected chi connectivity index (χ1v) is 9.46. The number of sulfonamides is 1. The molecule has 24 heavy (non-hydrogen) atoms. The van der Waals surface area contributed by atoms with Crippen LogP contribution in [0.1, 0.15) is 17.5 Å². The molecule has 3 nitrogen and oxygen atoms in total. The van der Waals surface area contributed by atoms with Crippen LogP contribution in [0.25, 0.3) is 0 Å². The molecule has 0 spiro atoms. The zero-order valence-corrected chi connectivity index (χ0v) is 14.7. The molecule has 0 heterocycles. The van der Waals surface area contributed by atoms with Crippen LogP contribution in [0.3, 0.4) is 0 Å². The van der Waals surface area contributed by atoms with Crippen LogP contribution in [0, 0.1) is 12.8 Å². The van der Waals surface area contributed by atoms with Crippen LogP contribution >= 0.6 is 0 Å². The predicted molar refractivity (Wildman–Crippen MR) is 98.3 cm³/mol. The van der Waals surface area contributed by atoms with Gasteiger partial charge in [0.25, 0.3) is 0 Å². The van der Waals surface area contributed by atoms with Gasteiger partial charge in [-0.05, 0) is 49.5 Å². The lowest BCUT2D eigenvalue weighted by Gasteiger charge is -2.13. The fraction of sp³-hybridized carbons (Fsp3) is 0.250. The van der Waals surface area contributed by atoms with E-state index in [1.54, 1.807) is 24.3 Å². The summed E-state index contributed by atoms with van der Waals surface area (Å²) in [5.41, 5.74) is 5.07. The lowest BCUT2D eigenvalue weighted by Crippen LogP contribution is -2.26. The Morgan fingerprint density at radius 1 is 1.12 bits per heavy atom. The second kappa shape index (κ2) is 8.65. The molecule has 1 N–H and O–H groups in total. The van der Waals surface area contributed by atoms with Crippen LogP contribution in [0.15, 0.2) is 77.9 Å². The van der Waals surface area contributed by atoms with Gasteiger partial charge in [0, 0.05) is 6.54 Å². The third-order valence-electron chi connectivity index (χ3n) is 3.83. The quantitative estimate of drug-likeness (QED) is 0.741. The van der Waals surface area contributed by atoms with Crippen molar-refractivity contribution in [2.24, 2.45) is 5.92 Å². The first-order chi connectivity index (χ1) is 11.5. The van der Waals surface area contributed by atoms with E-state index in [1.807, 2.05) is 31.2 Å². The Morgan fingerprint density at radius 3 is 2.42 bits per heavy atom. The van der Waals surface area contributed by atoms with Crippen molar-refractivity contribution in [2.45, 2.75) is 24.7 Å². The molecule has 1 atom stereocenters. The van der Waals surface area contributed by atoms with Crippen molar-refractivity contribution in [3.63, 3.8) is 0 Å². The zero-order valence-electron chi connectivity index (χ0n) is 13.9. The Labute approximate surface area is 144 Å². The average molecular weight is 341 g/mol. The summed E-state index contributed by atoms with van der Waals surface area (Å²) in [7, 11) is -3.46. The van der Waals surface area contributed by atoms with Gasteiger partial charge < -0.3 is 0 Å². The van der Waals surface area contributed by atoms with Gasteiger partial charge in [-0.25, -0.2) is 13.1 Å². The van der Waals surface area contributed by atoms with Crippen molar-refractivity contribution in [2.75, 3.05) is 6.54 Å². The maximum atomic E-state index is 12.3. The molecule has 1 unspecified atom stereocenters.